The minimum atomic E-state index is -0.671. The quantitative estimate of drug-likeness (QED) is 0.147. The van der Waals surface area contributed by atoms with E-state index in [0.29, 0.717) is 42.5 Å². The first kappa shape index (κ1) is 36.3. The van der Waals surface area contributed by atoms with Crippen molar-refractivity contribution in [2.75, 3.05) is 37.0 Å². The zero-order chi connectivity index (χ0) is 35.6. The number of amides is 2. The molecule has 0 aliphatic carbocycles. The fraction of sp³-hybridized carbons (Fsp3) is 0.385. The Balaban J connectivity index is 1.32. The number of hydrogen-bond acceptors (Lipinski definition) is 8. The second kappa shape index (κ2) is 17.1. The normalized spacial score (nSPS) is 15.2. The predicted molar refractivity (Wildman–Crippen MR) is 194 cm³/mol. The van der Waals surface area contributed by atoms with Crippen molar-refractivity contribution in [2.45, 2.75) is 65.8 Å². The van der Waals surface area contributed by atoms with Crippen LogP contribution in [0.5, 0.6) is 11.5 Å². The monoisotopic (exact) mass is 682 g/mol. The molecule has 1 aromatic heterocycles. The molecule has 1 aliphatic rings. The summed E-state index contributed by atoms with van der Waals surface area (Å²) in [7, 11) is 2.09. The van der Waals surface area contributed by atoms with Crippen molar-refractivity contribution >= 4 is 35.1 Å². The number of nitrogens with zero attached hydrogens (tertiary/aromatic N) is 4. The van der Waals surface area contributed by atoms with Crippen molar-refractivity contribution in [3.05, 3.63) is 95.4 Å². The summed E-state index contributed by atoms with van der Waals surface area (Å²) < 4.78 is 26.9. The summed E-state index contributed by atoms with van der Waals surface area (Å²) in [6, 6.07) is 19.3. The summed E-state index contributed by atoms with van der Waals surface area (Å²) in [6.45, 7) is 10.3. The highest BCUT2D eigenvalue weighted by Gasteiger charge is 2.26. The second-order valence-corrected chi connectivity index (χ2v) is 13.1. The van der Waals surface area contributed by atoms with Gasteiger partial charge in [-0.2, -0.15) is 4.98 Å². The lowest BCUT2D eigenvalue weighted by molar-refractivity contribution is -0.121. The third-order valence-corrected chi connectivity index (χ3v) is 8.86. The van der Waals surface area contributed by atoms with Crippen molar-refractivity contribution in [2.24, 2.45) is 5.92 Å². The first-order valence-corrected chi connectivity index (χ1v) is 17.3. The molecule has 0 saturated carbocycles. The number of benzene rings is 3. The van der Waals surface area contributed by atoms with Gasteiger partial charge in [0, 0.05) is 48.9 Å². The SMILES string of the molecule is CCC(C)NC(=O)CCc1cccc(OC(=O)N(c2ccnc(Nc3ccc(OCC4CCCN(C)C4)c(F)c3)n2)c2c(C)cccc2C)c1. The predicted octanol–water partition coefficient (Wildman–Crippen LogP) is 7.88. The van der Waals surface area contributed by atoms with Crippen molar-refractivity contribution < 1.29 is 23.5 Å². The van der Waals surface area contributed by atoms with Gasteiger partial charge in [-0.05, 0) is 101 Å². The summed E-state index contributed by atoms with van der Waals surface area (Å²) in [5.41, 5.74) is 3.60. The van der Waals surface area contributed by atoms with Crippen LogP contribution in [0.3, 0.4) is 0 Å². The first-order chi connectivity index (χ1) is 24.1. The Labute approximate surface area is 294 Å². The molecule has 2 amide bonds. The third-order valence-electron chi connectivity index (χ3n) is 8.86. The molecular formula is C39H47FN6O4. The maximum atomic E-state index is 15.1. The summed E-state index contributed by atoms with van der Waals surface area (Å²) in [5.74, 6) is 0.821. The van der Waals surface area contributed by atoms with E-state index in [4.69, 9.17) is 9.47 Å². The summed E-state index contributed by atoms with van der Waals surface area (Å²) in [5, 5.41) is 6.04. The molecule has 50 heavy (non-hydrogen) atoms. The number of aryl methyl sites for hydroxylation is 3. The van der Waals surface area contributed by atoms with Gasteiger partial charge in [0.1, 0.15) is 11.6 Å². The van der Waals surface area contributed by atoms with E-state index in [-0.39, 0.29) is 29.5 Å². The van der Waals surface area contributed by atoms with Gasteiger partial charge < -0.3 is 25.0 Å². The van der Waals surface area contributed by atoms with Crippen LogP contribution in [0.2, 0.25) is 0 Å². The molecule has 2 unspecified atom stereocenters. The highest BCUT2D eigenvalue weighted by molar-refractivity contribution is 5.98. The van der Waals surface area contributed by atoms with Gasteiger partial charge >= 0.3 is 6.09 Å². The number of aromatic nitrogens is 2. The molecule has 5 rings (SSSR count). The molecule has 264 valence electrons. The minimum Gasteiger partial charge on any atom is -0.490 e. The van der Waals surface area contributed by atoms with Crippen LogP contribution >= 0.6 is 0 Å². The Hall–Kier alpha value is -5.03. The van der Waals surface area contributed by atoms with Gasteiger partial charge in [0.05, 0.1) is 12.3 Å². The minimum absolute atomic E-state index is 0.0222. The summed E-state index contributed by atoms with van der Waals surface area (Å²) >= 11 is 0. The molecule has 4 aromatic rings. The number of nitrogens with one attached hydrogen (secondary N) is 2. The third kappa shape index (κ3) is 9.78. The van der Waals surface area contributed by atoms with E-state index in [9.17, 15) is 9.59 Å². The molecule has 0 bridgehead atoms. The Morgan fingerprint density at radius 1 is 1.08 bits per heavy atom. The largest absolute Gasteiger partial charge is 0.490 e. The topological polar surface area (TPSA) is 109 Å². The molecule has 1 aliphatic heterocycles. The average molecular weight is 683 g/mol. The molecule has 10 nitrogen and oxygen atoms in total. The van der Waals surface area contributed by atoms with E-state index in [1.54, 1.807) is 36.4 Å². The van der Waals surface area contributed by atoms with Crippen LogP contribution in [0.1, 0.15) is 56.2 Å². The maximum Gasteiger partial charge on any atom is 0.425 e. The highest BCUT2D eigenvalue weighted by Crippen LogP contribution is 2.33. The smallest absolute Gasteiger partial charge is 0.425 e. The standard InChI is InChI=1S/C39H47FN6O4/c1-6-28(4)42-36(47)18-15-29-12-8-14-32(22-29)50-39(48)46(37-26(2)10-7-11-27(37)3)35-19-20-41-38(44-35)43-31-16-17-34(33(40)23-31)49-25-30-13-9-21-45(5)24-30/h7-8,10-12,14,16-17,19-20,22-23,28,30H,6,9,13,15,18,21,24-25H2,1-5H3,(H,42,47)(H,41,43,44). The Morgan fingerprint density at radius 3 is 2.60 bits per heavy atom. The zero-order valence-electron chi connectivity index (χ0n) is 29.5. The van der Waals surface area contributed by atoms with Crippen LogP contribution in [0.4, 0.5) is 32.3 Å². The number of piperidine rings is 1. The van der Waals surface area contributed by atoms with Gasteiger partial charge in [0.2, 0.25) is 11.9 Å². The van der Waals surface area contributed by atoms with Crippen LogP contribution in [0, 0.1) is 25.6 Å². The second-order valence-electron chi connectivity index (χ2n) is 13.1. The Kier molecular flexibility index (Phi) is 12.4. The van der Waals surface area contributed by atoms with E-state index in [1.165, 1.54) is 17.2 Å². The molecule has 11 heteroatoms. The fourth-order valence-corrected chi connectivity index (χ4v) is 6.05. The maximum absolute atomic E-state index is 15.1. The number of anilines is 4. The van der Waals surface area contributed by atoms with E-state index in [0.717, 1.165) is 49.0 Å². The molecule has 0 radical (unpaired) electrons. The number of carbonyl (C=O) groups is 2. The van der Waals surface area contributed by atoms with E-state index in [1.807, 2.05) is 52.0 Å². The molecule has 2 atom stereocenters. The van der Waals surface area contributed by atoms with E-state index < -0.39 is 11.9 Å². The highest BCUT2D eigenvalue weighted by atomic mass is 19.1. The van der Waals surface area contributed by atoms with Crippen LogP contribution < -0.4 is 25.0 Å². The van der Waals surface area contributed by atoms with Crippen molar-refractivity contribution in [3.8, 4) is 11.5 Å². The summed E-state index contributed by atoms with van der Waals surface area (Å²) in [4.78, 5) is 39.0. The average Bonchev–Trinajstić information content (AvgIpc) is 3.09. The first-order valence-electron chi connectivity index (χ1n) is 17.3. The molecule has 2 heterocycles. The Morgan fingerprint density at radius 2 is 1.86 bits per heavy atom. The van der Waals surface area contributed by atoms with Crippen LogP contribution in [-0.2, 0) is 11.2 Å². The van der Waals surface area contributed by atoms with Gasteiger partial charge in [0.15, 0.2) is 11.6 Å². The van der Waals surface area contributed by atoms with Gasteiger partial charge in [-0.1, -0.05) is 37.3 Å². The molecule has 2 N–H and O–H groups in total. The number of halogens is 1. The number of ether oxygens (including phenoxy) is 2. The number of carbonyl (C=O) groups excluding carboxylic acids is 2. The zero-order valence-corrected chi connectivity index (χ0v) is 29.5. The molecule has 1 fully saturated rings. The van der Waals surface area contributed by atoms with Crippen LogP contribution in [-0.4, -0.2) is 59.7 Å². The van der Waals surface area contributed by atoms with Gasteiger partial charge in [0.25, 0.3) is 0 Å². The van der Waals surface area contributed by atoms with Gasteiger partial charge in [-0.15, -0.1) is 0 Å². The molecule has 3 aromatic carbocycles. The molecule has 0 spiro atoms. The number of likely N-dealkylation sites (tertiary alicyclic amines) is 1. The lowest BCUT2D eigenvalue weighted by Gasteiger charge is -2.29. The number of hydrogen-bond donors (Lipinski definition) is 2. The Bertz CT molecular complexity index is 1770. The van der Waals surface area contributed by atoms with Gasteiger partial charge in [-0.25, -0.2) is 19.1 Å². The summed E-state index contributed by atoms with van der Waals surface area (Å²) in [6.07, 6.45) is 4.72. The van der Waals surface area contributed by atoms with Crippen LogP contribution in [0.15, 0.2) is 72.9 Å². The number of para-hydroxylation sites is 1. The van der Waals surface area contributed by atoms with Crippen molar-refractivity contribution in [3.63, 3.8) is 0 Å². The van der Waals surface area contributed by atoms with Crippen LogP contribution in [0.25, 0.3) is 0 Å². The fourth-order valence-electron chi connectivity index (χ4n) is 6.05. The van der Waals surface area contributed by atoms with Crippen molar-refractivity contribution in [1.29, 1.82) is 0 Å². The lowest BCUT2D eigenvalue weighted by atomic mass is 10.00. The molecular weight excluding hydrogens is 635 g/mol. The van der Waals surface area contributed by atoms with Crippen molar-refractivity contribution in [1.82, 2.24) is 20.2 Å². The molecule has 1 saturated heterocycles. The lowest BCUT2D eigenvalue weighted by Crippen LogP contribution is -2.34. The van der Waals surface area contributed by atoms with E-state index >= 15 is 4.39 Å². The van der Waals surface area contributed by atoms with Gasteiger partial charge in [-0.3, -0.25) is 4.79 Å². The van der Waals surface area contributed by atoms with E-state index in [2.05, 4.69) is 32.5 Å². The number of rotatable bonds is 13.